The van der Waals surface area contributed by atoms with Crippen LogP contribution in [0.2, 0.25) is 0 Å². The molecule has 0 bridgehead atoms. The van der Waals surface area contributed by atoms with E-state index in [1.807, 2.05) is 0 Å². The lowest BCUT2D eigenvalue weighted by molar-refractivity contribution is -0.114. The first-order valence-electron chi connectivity index (χ1n) is 6.06. The first-order valence-corrected chi connectivity index (χ1v) is 6.06. The van der Waals surface area contributed by atoms with Gasteiger partial charge in [0.05, 0.1) is 11.4 Å². The Bertz CT molecular complexity index is 703. The number of amides is 2. The molecule has 1 aromatic carbocycles. The molecule has 0 saturated carbocycles. The van der Waals surface area contributed by atoms with Gasteiger partial charge >= 0.3 is 0 Å². The van der Waals surface area contributed by atoms with Crippen molar-refractivity contribution in [1.29, 1.82) is 0 Å². The van der Waals surface area contributed by atoms with Crippen LogP contribution in [-0.4, -0.2) is 16.8 Å². The third-order valence-corrected chi connectivity index (χ3v) is 2.59. The van der Waals surface area contributed by atoms with Crippen molar-refractivity contribution in [3.05, 3.63) is 48.0 Å². The van der Waals surface area contributed by atoms with Crippen molar-refractivity contribution in [1.82, 2.24) is 4.98 Å². The number of nitrogens with two attached hydrogens (primary N) is 1. The molecule has 0 spiro atoms. The highest BCUT2D eigenvalue weighted by atomic mass is 19.1. The maximum Gasteiger partial charge on any atom is 0.276 e. The predicted octanol–water partition coefficient (Wildman–Crippen LogP) is 2.01. The van der Waals surface area contributed by atoms with E-state index in [0.717, 1.165) is 6.07 Å². The van der Waals surface area contributed by atoms with Crippen molar-refractivity contribution in [2.75, 3.05) is 16.4 Å². The van der Waals surface area contributed by atoms with Crippen LogP contribution in [0.5, 0.6) is 0 Å². The fourth-order valence-corrected chi connectivity index (χ4v) is 1.69. The molecule has 0 saturated heterocycles. The highest BCUT2D eigenvalue weighted by Crippen LogP contribution is 2.21. The molecule has 108 valence electrons. The molecule has 2 amide bonds. The summed E-state index contributed by atoms with van der Waals surface area (Å²) in [5.74, 6) is -1.56. The van der Waals surface area contributed by atoms with Gasteiger partial charge in [0.1, 0.15) is 5.82 Å². The van der Waals surface area contributed by atoms with Crippen LogP contribution < -0.4 is 16.4 Å². The molecular formula is C14H13FN4O2. The molecule has 4 N–H and O–H groups in total. The summed E-state index contributed by atoms with van der Waals surface area (Å²) in [6, 6.07) is 6.95. The number of halogens is 1. The third kappa shape index (κ3) is 3.53. The summed E-state index contributed by atoms with van der Waals surface area (Å²) in [6.45, 7) is 1.33. The van der Waals surface area contributed by atoms with E-state index in [2.05, 4.69) is 15.6 Å². The van der Waals surface area contributed by atoms with E-state index in [1.54, 1.807) is 6.07 Å². The van der Waals surface area contributed by atoms with Crippen LogP contribution >= 0.6 is 0 Å². The second-order valence-electron chi connectivity index (χ2n) is 4.27. The maximum absolute atomic E-state index is 13.7. The Morgan fingerprint density at radius 3 is 2.67 bits per heavy atom. The third-order valence-electron chi connectivity index (χ3n) is 2.59. The average molecular weight is 288 g/mol. The van der Waals surface area contributed by atoms with Gasteiger partial charge in [-0.2, -0.15) is 0 Å². The Morgan fingerprint density at radius 2 is 2.00 bits per heavy atom. The number of hydrogen-bond acceptors (Lipinski definition) is 4. The zero-order chi connectivity index (χ0) is 15.4. The molecule has 2 rings (SSSR count). The number of aromatic nitrogens is 1. The van der Waals surface area contributed by atoms with Gasteiger partial charge in [-0.25, -0.2) is 9.37 Å². The number of pyridine rings is 1. The van der Waals surface area contributed by atoms with E-state index in [4.69, 9.17) is 5.73 Å². The van der Waals surface area contributed by atoms with Gasteiger partial charge in [0.25, 0.3) is 5.91 Å². The van der Waals surface area contributed by atoms with E-state index in [1.165, 1.54) is 31.3 Å². The second-order valence-corrected chi connectivity index (χ2v) is 4.27. The second kappa shape index (κ2) is 6.00. The number of carbonyl (C=O) groups excluding carboxylic acids is 2. The lowest BCUT2D eigenvalue weighted by Crippen LogP contribution is -2.17. The molecule has 7 heteroatoms. The summed E-state index contributed by atoms with van der Waals surface area (Å²) in [5.41, 5.74) is 6.12. The summed E-state index contributed by atoms with van der Waals surface area (Å²) >= 11 is 0. The largest absolute Gasteiger partial charge is 0.397 e. The standard InChI is InChI=1S/C14H13FN4O2/c1-8(20)18-9-4-5-10(15)12(7-9)19-14(21)13-11(16)3-2-6-17-13/h2-7H,16H2,1H3,(H,18,20)(H,19,21). The minimum Gasteiger partial charge on any atom is -0.397 e. The Balaban J connectivity index is 2.24. The van der Waals surface area contributed by atoms with Crippen LogP contribution in [0.1, 0.15) is 17.4 Å². The molecule has 1 aromatic heterocycles. The lowest BCUT2D eigenvalue weighted by Gasteiger charge is -2.09. The highest BCUT2D eigenvalue weighted by molar-refractivity contribution is 6.06. The van der Waals surface area contributed by atoms with E-state index in [-0.39, 0.29) is 23.0 Å². The van der Waals surface area contributed by atoms with Crippen LogP contribution in [0.3, 0.4) is 0 Å². The molecule has 21 heavy (non-hydrogen) atoms. The van der Waals surface area contributed by atoms with Crippen molar-refractivity contribution < 1.29 is 14.0 Å². The van der Waals surface area contributed by atoms with Gasteiger partial charge in [0.2, 0.25) is 5.91 Å². The molecule has 2 aromatic rings. The van der Waals surface area contributed by atoms with Gasteiger partial charge < -0.3 is 16.4 Å². The van der Waals surface area contributed by atoms with Gasteiger partial charge in [-0.05, 0) is 30.3 Å². The lowest BCUT2D eigenvalue weighted by atomic mass is 10.2. The quantitative estimate of drug-likeness (QED) is 0.804. The number of carbonyl (C=O) groups is 2. The molecular weight excluding hydrogens is 275 g/mol. The van der Waals surface area contributed by atoms with E-state index >= 15 is 0 Å². The highest BCUT2D eigenvalue weighted by Gasteiger charge is 2.13. The number of anilines is 3. The Hall–Kier alpha value is -2.96. The van der Waals surface area contributed by atoms with Crippen molar-refractivity contribution in [3.63, 3.8) is 0 Å². The normalized spacial score (nSPS) is 10.0. The topological polar surface area (TPSA) is 97.1 Å². The van der Waals surface area contributed by atoms with E-state index < -0.39 is 11.7 Å². The molecule has 0 atom stereocenters. The first-order chi connectivity index (χ1) is 9.97. The van der Waals surface area contributed by atoms with Crippen molar-refractivity contribution in [2.45, 2.75) is 6.92 Å². The van der Waals surface area contributed by atoms with Crippen LogP contribution in [-0.2, 0) is 4.79 Å². The number of rotatable bonds is 3. The number of nitrogen functional groups attached to an aromatic ring is 1. The fraction of sp³-hybridized carbons (Fsp3) is 0.0714. The summed E-state index contributed by atoms with van der Waals surface area (Å²) in [4.78, 5) is 26.8. The Kier molecular flexibility index (Phi) is 4.13. The van der Waals surface area contributed by atoms with Crippen molar-refractivity contribution in [2.24, 2.45) is 0 Å². The average Bonchev–Trinajstić information content (AvgIpc) is 2.42. The fourth-order valence-electron chi connectivity index (χ4n) is 1.69. The molecule has 0 fully saturated rings. The van der Waals surface area contributed by atoms with Gasteiger partial charge in [0, 0.05) is 18.8 Å². The molecule has 6 nitrogen and oxygen atoms in total. The molecule has 0 radical (unpaired) electrons. The summed E-state index contributed by atoms with van der Waals surface area (Å²) in [5, 5.41) is 4.87. The number of nitrogens with one attached hydrogen (secondary N) is 2. The monoisotopic (exact) mass is 288 g/mol. The molecule has 0 unspecified atom stereocenters. The van der Waals surface area contributed by atoms with Crippen LogP contribution in [0.4, 0.5) is 21.5 Å². The van der Waals surface area contributed by atoms with Crippen LogP contribution in [0.25, 0.3) is 0 Å². The summed E-state index contributed by atoms with van der Waals surface area (Å²) in [6.07, 6.45) is 1.41. The zero-order valence-electron chi connectivity index (χ0n) is 11.2. The molecule has 0 aliphatic carbocycles. The Labute approximate surface area is 120 Å². The van der Waals surface area contributed by atoms with Crippen molar-refractivity contribution in [3.8, 4) is 0 Å². The zero-order valence-corrected chi connectivity index (χ0v) is 11.2. The summed E-state index contributed by atoms with van der Waals surface area (Å²) in [7, 11) is 0. The molecule has 1 heterocycles. The minimum atomic E-state index is -0.632. The molecule has 0 aliphatic rings. The SMILES string of the molecule is CC(=O)Nc1ccc(F)c(NC(=O)c2ncccc2N)c1. The van der Waals surface area contributed by atoms with Gasteiger partial charge in [-0.1, -0.05) is 0 Å². The number of hydrogen-bond donors (Lipinski definition) is 3. The Morgan fingerprint density at radius 1 is 1.24 bits per heavy atom. The summed E-state index contributed by atoms with van der Waals surface area (Å²) < 4.78 is 13.7. The van der Waals surface area contributed by atoms with E-state index in [0.29, 0.717) is 5.69 Å². The van der Waals surface area contributed by atoms with Crippen LogP contribution in [0.15, 0.2) is 36.5 Å². The van der Waals surface area contributed by atoms with Gasteiger partial charge in [0.15, 0.2) is 5.69 Å². The molecule has 0 aliphatic heterocycles. The van der Waals surface area contributed by atoms with Gasteiger partial charge in [-0.3, -0.25) is 9.59 Å². The number of benzene rings is 1. The smallest absolute Gasteiger partial charge is 0.276 e. The van der Waals surface area contributed by atoms with Crippen LogP contribution in [0, 0.1) is 5.82 Å². The minimum absolute atomic E-state index is 0.00169. The first kappa shape index (κ1) is 14.4. The van der Waals surface area contributed by atoms with Gasteiger partial charge in [-0.15, -0.1) is 0 Å². The predicted molar refractivity (Wildman–Crippen MR) is 77.3 cm³/mol. The number of nitrogens with zero attached hydrogens (tertiary/aromatic N) is 1. The van der Waals surface area contributed by atoms with E-state index in [9.17, 15) is 14.0 Å². The van der Waals surface area contributed by atoms with Crippen molar-refractivity contribution >= 4 is 28.9 Å². The maximum atomic E-state index is 13.7.